The van der Waals surface area contributed by atoms with Crippen LogP contribution in [0.15, 0.2) is 53.9 Å². The second-order valence-corrected chi connectivity index (χ2v) is 8.09. The van der Waals surface area contributed by atoms with Crippen molar-refractivity contribution in [2.24, 2.45) is 0 Å². The van der Waals surface area contributed by atoms with Crippen molar-refractivity contribution >= 4 is 49.6 Å². The molecule has 4 aromatic rings. The fourth-order valence-electron chi connectivity index (χ4n) is 2.99. The van der Waals surface area contributed by atoms with E-state index in [9.17, 15) is 4.79 Å². The average Bonchev–Trinajstić information content (AvgIpc) is 3.36. The van der Waals surface area contributed by atoms with Gasteiger partial charge in [0.1, 0.15) is 10.7 Å². The number of benzene rings is 2. The summed E-state index contributed by atoms with van der Waals surface area (Å²) in [6, 6.07) is 15.7. The van der Waals surface area contributed by atoms with Crippen molar-refractivity contribution in [2.45, 2.75) is 13.8 Å². The van der Waals surface area contributed by atoms with Gasteiger partial charge in [0.25, 0.3) is 5.91 Å². The molecule has 7 heteroatoms. The molecule has 5 nitrogen and oxygen atoms in total. The lowest BCUT2D eigenvalue weighted by molar-refractivity contribution is 0.102. The maximum absolute atomic E-state index is 12.5. The van der Waals surface area contributed by atoms with Gasteiger partial charge in [0.05, 0.1) is 10.2 Å². The van der Waals surface area contributed by atoms with Gasteiger partial charge < -0.3 is 4.90 Å². The molecule has 0 saturated heterocycles. The van der Waals surface area contributed by atoms with Crippen LogP contribution in [0.25, 0.3) is 20.9 Å². The molecular formula is C21H20N4OS2. The average molecular weight is 409 g/mol. The first kappa shape index (κ1) is 18.6. The quantitative estimate of drug-likeness (QED) is 0.456. The Kier molecular flexibility index (Phi) is 5.36. The molecule has 0 atom stereocenters. The Morgan fingerprint density at radius 3 is 2.50 bits per heavy atom. The van der Waals surface area contributed by atoms with Gasteiger partial charge >= 0.3 is 0 Å². The zero-order valence-electron chi connectivity index (χ0n) is 15.7. The van der Waals surface area contributed by atoms with E-state index in [4.69, 9.17) is 0 Å². The molecule has 0 fully saturated rings. The number of hydrogen-bond donors (Lipinski definition) is 1. The van der Waals surface area contributed by atoms with Crippen LogP contribution in [0.3, 0.4) is 0 Å². The summed E-state index contributed by atoms with van der Waals surface area (Å²) in [7, 11) is 0. The van der Waals surface area contributed by atoms with Crippen LogP contribution in [-0.4, -0.2) is 29.0 Å². The van der Waals surface area contributed by atoms with Gasteiger partial charge in [0.2, 0.25) is 0 Å². The molecule has 0 saturated carbocycles. The lowest BCUT2D eigenvalue weighted by Gasteiger charge is -2.20. The summed E-state index contributed by atoms with van der Waals surface area (Å²) in [6.45, 7) is 6.12. The number of anilines is 2. The number of thiazole rings is 2. The maximum atomic E-state index is 12.5. The number of hydrogen-bond acceptors (Lipinski definition) is 6. The number of amides is 1. The Balaban J connectivity index is 1.48. The van der Waals surface area contributed by atoms with E-state index in [-0.39, 0.29) is 5.91 Å². The Bertz CT molecular complexity index is 1060. The van der Waals surface area contributed by atoms with E-state index in [0.717, 1.165) is 39.7 Å². The van der Waals surface area contributed by atoms with Crippen molar-refractivity contribution < 1.29 is 4.79 Å². The molecule has 2 heterocycles. The number of fused-ring (bicyclic) bond motifs is 1. The predicted molar refractivity (Wildman–Crippen MR) is 119 cm³/mol. The standard InChI is InChI=1S/C21H20N4OS2/c1-3-25(4-2)15-11-9-14(10-12-15)19(26)24-21-23-17(13-27-21)20-22-16-7-5-6-8-18(16)28-20/h5-13H,3-4H2,1-2H3,(H,23,24,26). The van der Waals surface area contributed by atoms with Gasteiger partial charge in [-0.1, -0.05) is 12.1 Å². The minimum absolute atomic E-state index is 0.156. The van der Waals surface area contributed by atoms with Gasteiger partial charge in [-0.05, 0) is 50.2 Å². The van der Waals surface area contributed by atoms with Crippen molar-refractivity contribution in [3.63, 3.8) is 0 Å². The molecule has 0 aliphatic heterocycles. The molecule has 142 valence electrons. The van der Waals surface area contributed by atoms with Gasteiger partial charge in [-0.15, -0.1) is 22.7 Å². The molecule has 0 radical (unpaired) electrons. The Morgan fingerprint density at radius 2 is 1.79 bits per heavy atom. The van der Waals surface area contributed by atoms with Gasteiger partial charge in [0, 0.05) is 29.7 Å². The van der Waals surface area contributed by atoms with Gasteiger partial charge in [-0.2, -0.15) is 0 Å². The third kappa shape index (κ3) is 3.76. The van der Waals surface area contributed by atoms with E-state index in [1.54, 1.807) is 11.3 Å². The number of rotatable bonds is 6. The van der Waals surface area contributed by atoms with Crippen LogP contribution in [0.5, 0.6) is 0 Å². The Morgan fingerprint density at radius 1 is 1.04 bits per heavy atom. The van der Waals surface area contributed by atoms with Gasteiger partial charge in [0.15, 0.2) is 5.13 Å². The first-order valence-electron chi connectivity index (χ1n) is 9.15. The highest BCUT2D eigenvalue weighted by Crippen LogP contribution is 2.32. The van der Waals surface area contributed by atoms with Crippen LogP contribution in [0, 0.1) is 0 Å². The lowest BCUT2D eigenvalue weighted by Crippen LogP contribution is -2.21. The molecule has 1 N–H and O–H groups in total. The molecule has 0 spiro atoms. The van der Waals surface area contributed by atoms with E-state index >= 15 is 0 Å². The zero-order chi connectivity index (χ0) is 19.5. The largest absolute Gasteiger partial charge is 0.372 e. The molecule has 2 aromatic heterocycles. The highest BCUT2D eigenvalue weighted by molar-refractivity contribution is 7.22. The third-order valence-corrected chi connectivity index (χ3v) is 6.31. The molecule has 28 heavy (non-hydrogen) atoms. The van der Waals surface area contributed by atoms with E-state index < -0.39 is 0 Å². The van der Waals surface area contributed by atoms with Crippen molar-refractivity contribution in [3.8, 4) is 10.7 Å². The number of nitrogens with one attached hydrogen (secondary N) is 1. The first-order valence-corrected chi connectivity index (χ1v) is 10.9. The minimum atomic E-state index is -0.156. The topological polar surface area (TPSA) is 58.1 Å². The third-order valence-electron chi connectivity index (χ3n) is 4.50. The van der Waals surface area contributed by atoms with Crippen LogP contribution >= 0.6 is 22.7 Å². The van der Waals surface area contributed by atoms with E-state index in [1.165, 1.54) is 11.3 Å². The minimum Gasteiger partial charge on any atom is -0.372 e. The zero-order valence-corrected chi connectivity index (χ0v) is 17.3. The summed E-state index contributed by atoms with van der Waals surface area (Å²) in [6.07, 6.45) is 0. The number of aromatic nitrogens is 2. The summed E-state index contributed by atoms with van der Waals surface area (Å²) >= 11 is 3.01. The van der Waals surface area contributed by atoms with E-state index in [1.807, 2.05) is 53.9 Å². The molecule has 0 bridgehead atoms. The first-order chi connectivity index (χ1) is 13.7. The Hall–Kier alpha value is -2.77. The number of para-hydroxylation sites is 1. The molecule has 0 aliphatic rings. The SMILES string of the molecule is CCN(CC)c1ccc(C(=O)Nc2nc(-c3nc4ccccc4s3)cs2)cc1. The number of carbonyl (C=O) groups is 1. The van der Waals surface area contributed by atoms with Gasteiger partial charge in [-0.3, -0.25) is 10.1 Å². The van der Waals surface area contributed by atoms with Crippen molar-refractivity contribution in [1.29, 1.82) is 0 Å². The molecule has 1 amide bonds. The highest BCUT2D eigenvalue weighted by atomic mass is 32.1. The maximum Gasteiger partial charge on any atom is 0.257 e. The second-order valence-electron chi connectivity index (χ2n) is 6.20. The van der Waals surface area contributed by atoms with E-state index in [2.05, 4.69) is 34.0 Å². The van der Waals surface area contributed by atoms with Crippen LogP contribution in [0.4, 0.5) is 10.8 Å². The second kappa shape index (κ2) is 8.08. The fourth-order valence-corrected chi connectivity index (χ4v) is 4.68. The summed E-state index contributed by atoms with van der Waals surface area (Å²) < 4.78 is 1.13. The molecule has 2 aromatic carbocycles. The molecule has 0 unspecified atom stereocenters. The van der Waals surface area contributed by atoms with Gasteiger partial charge in [-0.25, -0.2) is 9.97 Å². The van der Waals surface area contributed by atoms with Crippen molar-refractivity contribution in [3.05, 3.63) is 59.5 Å². The molecule has 4 rings (SSSR count). The fraction of sp³-hybridized carbons (Fsp3) is 0.190. The highest BCUT2D eigenvalue weighted by Gasteiger charge is 2.13. The summed E-state index contributed by atoms with van der Waals surface area (Å²) in [5.41, 5.74) is 3.49. The number of carbonyl (C=O) groups excluding carboxylic acids is 1. The van der Waals surface area contributed by atoms with E-state index in [0.29, 0.717) is 10.7 Å². The normalized spacial score (nSPS) is 10.9. The monoisotopic (exact) mass is 408 g/mol. The van der Waals surface area contributed by atoms with Crippen LogP contribution < -0.4 is 10.2 Å². The van der Waals surface area contributed by atoms with Crippen LogP contribution in [-0.2, 0) is 0 Å². The Labute approximate surface area is 171 Å². The predicted octanol–water partition coefficient (Wildman–Crippen LogP) is 5.52. The number of nitrogens with zero attached hydrogens (tertiary/aromatic N) is 3. The summed E-state index contributed by atoms with van der Waals surface area (Å²) in [5, 5.41) is 6.26. The summed E-state index contributed by atoms with van der Waals surface area (Å²) in [4.78, 5) is 24.0. The summed E-state index contributed by atoms with van der Waals surface area (Å²) in [5.74, 6) is -0.156. The van der Waals surface area contributed by atoms with Crippen molar-refractivity contribution in [1.82, 2.24) is 9.97 Å². The van der Waals surface area contributed by atoms with Crippen LogP contribution in [0.1, 0.15) is 24.2 Å². The lowest BCUT2D eigenvalue weighted by atomic mass is 10.2. The molecular weight excluding hydrogens is 388 g/mol. The smallest absolute Gasteiger partial charge is 0.257 e. The van der Waals surface area contributed by atoms with Crippen molar-refractivity contribution in [2.75, 3.05) is 23.3 Å². The van der Waals surface area contributed by atoms with Crippen LogP contribution in [0.2, 0.25) is 0 Å². The molecule has 0 aliphatic carbocycles.